The van der Waals surface area contributed by atoms with Gasteiger partial charge in [-0.25, -0.2) is 4.98 Å². The van der Waals surface area contributed by atoms with E-state index in [1.807, 2.05) is 25.1 Å². The van der Waals surface area contributed by atoms with Gasteiger partial charge >= 0.3 is 0 Å². The van der Waals surface area contributed by atoms with Crippen molar-refractivity contribution in [1.82, 2.24) is 4.98 Å². The monoisotopic (exact) mass is 189 g/mol. The highest BCUT2D eigenvalue weighted by molar-refractivity contribution is 5.92. The third-order valence-electron chi connectivity index (χ3n) is 1.54. The van der Waals surface area contributed by atoms with Crippen LogP contribution in [0.25, 0.3) is 0 Å². The minimum Gasteiger partial charge on any atom is -0.363 e. The third-order valence-corrected chi connectivity index (χ3v) is 1.54. The fraction of sp³-hybridized carbons (Fsp3) is 0.200. The summed E-state index contributed by atoms with van der Waals surface area (Å²) in [6.45, 7) is 0. The van der Waals surface area contributed by atoms with Gasteiger partial charge in [0.05, 0.1) is 0 Å². The summed E-state index contributed by atoms with van der Waals surface area (Å²) >= 11 is 0. The lowest BCUT2D eigenvalue weighted by atomic mass is 10.3. The van der Waals surface area contributed by atoms with Crippen molar-refractivity contribution < 1.29 is 4.79 Å². The molecule has 0 aliphatic heterocycles. The Morgan fingerprint density at radius 3 is 2.64 bits per heavy atom. The van der Waals surface area contributed by atoms with Gasteiger partial charge in [-0.15, -0.1) is 0 Å². The maximum Gasteiger partial charge on any atom is 0.293 e. The standard InChI is InChI=1S/C10H11N3O/c1-13(2)10-6-4-8(7-12-10)3-5-9(11)14/h4,6-7H,1-2H3,(H2,11,14). The Labute approximate surface area is 82.7 Å². The van der Waals surface area contributed by atoms with E-state index in [-0.39, 0.29) is 0 Å². The third kappa shape index (κ3) is 2.79. The Kier molecular flexibility index (Phi) is 3.08. The lowest BCUT2D eigenvalue weighted by Crippen LogP contribution is -2.10. The van der Waals surface area contributed by atoms with Crippen LogP contribution in [0.5, 0.6) is 0 Å². The van der Waals surface area contributed by atoms with Crippen LogP contribution in [0.15, 0.2) is 18.3 Å². The smallest absolute Gasteiger partial charge is 0.293 e. The molecule has 1 heterocycles. The Balaban J connectivity index is 2.85. The number of nitrogens with two attached hydrogens (primary N) is 1. The van der Waals surface area contributed by atoms with Crippen molar-refractivity contribution in [3.05, 3.63) is 23.9 Å². The molecular weight excluding hydrogens is 178 g/mol. The van der Waals surface area contributed by atoms with Gasteiger partial charge in [-0.3, -0.25) is 4.79 Å². The maximum atomic E-state index is 10.4. The van der Waals surface area contributed by atoms with Gasteiger partial charge in [-0.2, -0.15) is 0 Å². The van der Waals surface area contributed by atoms with Crippen LogP contribution in [0.4, 0.5) is 5.82 Å². The van der Waals surface area contributed by atoms with E-state index in [0.717, 1.165) is 5.82 Å². The lowest BCUT2D eigenvalue weighted by Gasteiger charge is -2.09. The van der Waals surface area contributed by atoms with Gasteiger partial charge in [0.2, 0.25) is 0 Å². The highest BCUT2D eigenvalue weighted by Crippen LogP contribution is 2.06. The number of rotatable bonds is 1. The van der Waals surface area contributed by atoms with E-state index in [9.17, 15) is 4.79 Å². The highest BCUT2D eigenvalue weighted by atomic mass is 16.1. The molecule has 14 heavy (non-hydrogen) atoms. The summed E-state index contributed by atoms with van der Waals surface area (Å²) in [5.74, 6) is 5.06. The predicted octanol–water partition coefficient (Wildman–Crippen LogP) is -0.0156. The van der Waals surface area contributed by atoms with Crippen LogP contribution in [0, 0.1) is 11.8 Å². The molecule has 0 unspecified atom stereocenters. The fourth-order valence-corrected chi connectivity index (χ4v) is 0.858. The SMILES string of the molecule is CN(C)c1ccc(C#CC(N)=O)cn1. The maximum absolute atomic E-state index is 10.4. The van der Waals surface area contributed by atoms with Gasteiger partial charge < -0.3 is 10.6 Å². The highest BCUT2D eigenvalue weighted by Gasteiger charge is 1.94. The second-order valence-corrected chi connectivity index (χ2v) is 2.91. The molecule has 0 fully saturated rings. The minimum atomic E-state index is -0.637. The normalized spacial score (nSPS) is 8.71. The summed E-state index contributed by atoms with van der Waals surface area (Å²) in [6.07, 6.45) is 1.60. The Morgan fingerprint density at radius 2 is 2.21 bits per heavy atom. The molecule has 1 amide bonds. The minimum absolute atomic E-state index is 0.637. The second-order valence-electron chi connectivity index (χ2n) is 2.91. The molecular formula is C10H11N3O. The molecule has 0 bridgehead atoms. The first-order valence-corrected chi connectivity index (χ1v) is 4.04. The summed E-state index contributed by atoms with van der Waals surface area (Å²) in [5.41, 5.74) is 5.55. The van der Waals surface area contributed by atoms with Crippen LogP contribution in [0.2, 0.25) is 0 Å². The molecule has 0 atom stereocenters. The number of hydrogen-bond donors (Lipinski definition) is 1. The Morgan fingerprint density at radius 1 is 1.50 bits per heavy atom. The number of primary amides is 1. The van der Waals surface area contributed by atoms with Crippen molar-refractivity contribution in [2.75, 3.05) is 19.0 Å². The van der Waals surface area contributed by atoms with Crippen LogP contribution in [-0.2, 0) is 4.79 Å². The number of carbonyl (C=O) groups is 1. The van der Waals surface area contributed by atoms with E-state index >= 15 is 0 Å². The number of aromatic nitrogens is 1. The lowest BCUT2D eigenvalue weighted by molar-refractivity contribution is -0.112. The van der Waals surface area contributed by atoms with Crippen molar-refractivity contribution in [2.45, 2.75) is 0 Å². The Hall–Kier alpha value is -2.02. The van der Waals surface area contributed by atoms with E-state index in [1.165, 1.54) is 0 Å². The molecule has 4 heteroatoms. The number of hydrogen-bond acceptors (Lipinski definition) is 3. The quantitative estimate of drug-likeness (QED) is 0.632. The van der Waals surface area contributed by atoms with Crippen LogP contribution in [0.3, 0.4) is 0 Å². The van der Waals surface area contributed by atoms with Gasteiger partial charge in [-0.05, 0) is 12.1 Å². The molecule has 4 nitrogen and oxygen atoms in total. The summed E-state index contributed by atoms with van der Waals surface area (Å²) in [4.78, 5) is 16.4. The molecule has 0 saturated heterocycles. The zero-order valence-electron chi connectivity index (χ0n) is 8.11. The fourth-order valence-electron chi connectivity index (χ4n) is 0.858. The molecule has 0 radical (unpaired) electrons. The van der Waals surface area contributed by atoms with Gasteiger partial charge in [0, 0.05) is 31.8 Å². The first-order chi connectivity index (χ1) is 6.59. The van der Waals surface area contributed by atoms with Crippen LogP contribution in [0.1, 0.15) is 5.56 Å². The molecule has 1 rings (SSSR count). The Bertz CT molecular complexity index is 384. The van der Waals surface area contributed by atoms with Crippen molar-refractivity contribution in [1.29, 1.82) is 0 Å². The second kappa shape index (κ2) is 4.28. The van der Waals surface area contributed by atoms with Gasteiger partial charge in [0.1, 0.15) is 5.82 Å². The van der Waals surface area contributed by atoms with E-state index in [2.05, 4.69) is 16.8 Å². The summed E-state index contributed by atoms with van der Waals surface area (Å²) in [7, 11) is 3.80. The summed E-state index contributed by atoms with van der Waals surface area (Å²) in [5, 5.41) is 0. The summed E-state index contributed by atoms with van der Waals surface area (Å²) < 4.78 is 0. The number of carbonyl (C=O) groups excluding carboxylic acids is 1. The van der Waals surface area contributed by atoms with Crippen LogP contribution >= 0.6 is 0 Å². The number of amides is 1. The molecule has 1 aromatic rings. The molecule has 1 aromatic heterocycles. The number of pyridine rings is 1. The molecule has 0 spiro atoms. The van der Waals surface area contributed by atoms with Crippen molar-refractivity contribution in [3.8, 4) is 11.8 Å². The van der Waals surface area contributed by atoms with Crippen LogP contribution < -0.4 is 10.6 Å². The predicted molar refractivity (Wildman–Crippen MR) is 54.6 cm³/mol. The van der Waals surface area contributed by atoms with E-state index in [4.69, 9.17) is 5.73 Å². The summed E-state index contributed by atoms with van der Waals surface area (Å²) in [6, 6.07) is 3.61. The zero-order chi connectivity index (χ0) is 10.6. The average Bonchev–Trinajstić information content (AvgIpc) is 2.15. The van der Waals surface area contributed by atoms with E-state index < -0.39 is 5.91 Å². The molecule has 0 aliphatic carbocycles. The zero-order valence-corrected chi connectivity index (χ0v) is 8.11. The van der Waals surface area contributed by atoms with Crippen molar-refractivity contribution in [2.24, 2.45) is 5.73 Å². The van der Waals surface area contributed by atoms with E-state index in [1.54, 1.807) is 12.3 Å². The molecule has 0 aromatic carbocycles. The van der Waals surface area contributed by atoms with Crippen molar-refractivity contribution >= 4 is 11.7 Å². The molecule has 0 aliphatic rings. The van der Waals surface area contributed by atoms with Gasteiger partial charge in [-0.1, -0.05) is 5.92 Å². The van der Waals surface area contributed by atoms with Gasteiger partial charge in [0.25, 0.3) is 5.91 Å². The van der Waals surface area contributed by atoms with Gasteiger partial charge in [0.15, 0.2) is 0 Å². The first kappa shape index (κ1) is 10.1. The first-order valence-electron chi connectivity index (χ1n) is 4.04. The van der Waals surface area contributed by atoms with Crippen molar-refractivity contribution in [3.63, 3.8) is 0 Å². The molecule has 2 N–H and O–H groups in total. The number of anilines is 1. The average molecular weight is 189 g/mol. The topological polar surface area (TPSA) is 59.2 Å². The molecule has 72 valence electrons. The van der Waals surface area contributed by atoms with Crippen LogP contribution in [-0.4, -0.2) is 25.0 Å². The largest absolute Gasteiger partial charge is 0.363 e. The molecule has 0 saturated carbocycles. The number of nitrogens with zero attached hydrogens (tertiary/aromatic N) is 2. The van der Waals surface area contributed by atoms with E-state index in [0.29, 0.717) is 5.56 Å².